The lowest BCUT2D eigenvalue weighted by atomic mass is 10.3. The minimum absolute atomic E-state index is 0.173. The van der Waals surface area contributed by atoms with E-state index in [4.69, 9.17) is 16.3 Å². The van der Waals surface area contributed by atoms with Gasteiger partial charge in [-0.15, -0.1) is 11.3 Å². The Hall–Kier alpha value is -1.20. The highest BCUT2D eigenvalue weighted by atomic mass is 35.5. The number of thiophene rings is 1. The van der Waals surface area contributed by atoms with Gasteiger partial charge in [0.15, 0.2) is 5.82 Å². The van der Waals surface area contributed by atoms with Gasteiger partial charge in [0.2, 0.25) is 5.88 Å². The fourth-order valence-electron chi connectivity index (χ4n) is 1.57. The summed E-state index contributed by atoms with van der Waals surface area (Å²) in [4.78, 5) is 1.18. The van der Waals surface area contributed by atoms with Crippen molar-refractivity contribution < 1.29 is 4.74 Å². The number of aromatic nitrogens is 2. The van der Waals surface area contributed by atoms with Gasteiger partial charge in [0.05, 0.1) is 17.5 Å². The van der Waals surface area contributed by atoms with Crippen molar-refractivity contribution >= 4 is 28.8 Å². The summed E-state index contributed by atoms with van der Waals surface area (Å²) in [6.45, 7) is 2.07. The standard InChI is InChI=1S/C11H14ClN3OS/c1-7(8-4-5-9(12)17-8)13-10-6-11(16-3)15(2)14-10/h4-7H,1-3H3,(H,13,14). The maximum Gasteiger partial charge on any atom is 0.213 e. The number of halogens is 1. The van der Waals surface area contributed by atoms with Crippen LogP contribution >= 0.6 is 22.9 Å². The highest BCUT2D eigenvalue weighted by Crippen LogP contribution is 2.29. The van der Waals surface area contributed by atoms with Crippen LogP contribution in [-0.2, 0) is 7.05 Å². The van der Waals surface area contributed by atoms with E-state index in [1.54, 1.807) is 23.1 Å². The van der Waals surface area contributed by atoms with Crippen LogP contribution in [-0.4, -0.2) is 16.9 Å². The van der Waals surface area contributed by atoms with Crippen LogP contribution in [0.2, 0.25) is 4.34 Å². The summed E-state index contributed by atoms with van der Waals surface area (Å²) in [5, 5.41) is 7.61. The van der Waals surface area contributed by atoms with Crippen molar-refractivity contribution in [1.82, 2.24) is 9.78 Å². The molecule has 6 heteroatoms. The molecule has 2 heterocycles. The number of aryl methyl sites for hydroxylation is 1. The largest absolute Gasteiger partial charge is 0.481 e. The SMILES string of the molecule is COc1cc(NC(C)c2ccc(Cl)s2)nn1C. The van der Waals surface area contributed by atoms with Gasteiger partial charge in [-0.25, -0.2) is 4.68 Å². The van der Waals surface area contributed by atoms with Crippen LogP contribution in [0.15, 0.2) is 18.2 Å². The van der Waals surface area contributed by atoms with Gasteiger partial charge in [-0.2, -0.15) is 5.10 Å². The maximum absolute atomic E-state index is 5.91. The first kappa shape index (κ1) is 12.3. The number of hydrogen-bond acceptors (Lipinski definition) is 4. The number of hydrogen-bond donors (Lipinski definition) is 1. The van der Waals surface area contributed by atoms with Crippen LogP contribution in [0.25, 0.3) is 0 Å². The molecule has 1 N–H and O–H groups in total. The van der Waals surface area contributed by atoms with E-state index >= 15 is 0 Å². The van der Waals surface area contributed by atoms with E-state index in [-0.39, 0.29) is 6.04 Å². The molecule has 0 fully saturated rings. The Morgan fingerprint density at radius 2 is 2.29 bits per heavy atom. The zero-order valence-electron chi connectivity index (χ0n) is 9.90. The van der Waals surface area contributed by atoms with E-state index in [9.17, 15) is 0 Å². The van der Waals surface area contributed by atoms with Gasteiger partial charge in [0.25, 0.3) is 0 Å². The van der Waals surface area contributed by atoms with E-state index in [1.165, 1.54) is 4.88 Å². The van der Waals surface area contributed by atoms with Gasteiger partial charge in [-0.05, 0) is 19.1 Å². The monoisotopic (exact) mass is 271 g/mol. The van der Waals surface area contributed by atoms with Crippen molar-refractivity contribution in [2.24, 2.45) is 7.05 Å². The molecular formula is C11H14ClN3OS. The Morgan fingerprint density at radius 3 is 2.82 bits per heavy atom. The second-order valence-corrected chi connectivity index (χ2v) is 5.45. The van der Waals surface area contributed by atoms with Crippen LogP contribution in [0.1, 0.15) is 17.8 Å². The summed E-state index contributed by atoms with van der Waals surface area (Å²) in [6.07, 6.45) is 0. The molecule has 0 aliphatic carbocycles. The summed E-state index contributed by atoms with van der Waals surface area (Å²) in [7, 11) is 3.47. The second-order valence-electron chi connectivity index (χ2n) is 3.70. The fraction of sp³-hybridized carbons (Fsp3) is 0.364. The highest BCUT2D eigenvalue weighted by Gasteiger charge is 2.11. The summed E-state index contributed by atoms with van der Waals surface area (Å²) in [5.74, 6) is 1.52. The molecule has 0 aromatic carbocycles. The first-order valence-electron chi connectivity index (χ1n) is 5.20. The Bertz CT molecular complexity index is 509. The molecule has 0 radical (unpaired) electrons. The van der Waals surface area contributed by atoms with Crippen LogP contribution in [0, 0.1) is 0 Å². The number of rotatable bonds is 4. The van der Waals surface area contributed by atoms with Gasteiger partial charge < -0.3 is 10.1 Å². The van der Waals surface area contributed by atoms with Crippen molar-refractivity contribution in [1.29, 1.82) is 0 Å². The molecule has 92 valence electrons. The third-order valence-electron chi connectivity index (χ3n) is 2.43. The van der Waals surface area contributed by atoms with E-state index in [0.717, 1.165) is 16.0 Å². The Morgan fingerprint density at radius 1 is 1.53 bits per heavy atom. The Kier molecular flexibility index (Phi) is 3.59. The summed E-state index contributed by atoms with van der Waals surface area (Å²) >= 11 is 7.48. The summed E-state index contributed by atoms with van der Waals surface area (Å²) in [5.41, 5.74) is 0. The van der Waals surface area contributed by atoms with E-state index < -0.39 is 0 Å². The maximum atomic E-state index is 5.91. The quantitative estimate of drug-likeness (QED) is 0.927. The molecule has 0 saturated heterocycles. The van der Waals surface area contributed by atoms with Crippen molar-refractivity contribution in [3.63, 3.8) is 0 Å². The first-order valence-corrected chi connectivity index (χ1v) is 6.39. The fourth-order valence-corrected chi connectivity index (χ4v) is 2.63. The second kappa shape index (κ2) is 4.98. The molecule has 4 nitrogen and oxygen atoms in total. The molecule has 2 aromatic heterocycles. The van der Waals surface area contributed by atoms with Gasteiger partial charge in [-0.3, -0.25) is 0 Å². The van der Waals surface area contributed by atoms with Gasteiger partial charge >= 0.3 is 0 Å². The topological polar surface area (TPSA) is 39.1 Å². The lowest BCUT2D eigenvalue weighted by molar-refractivity contribution is 0.373. The van der Waals surface area contributed by atoms with Crippen molar-refractivity contribution in [3.05, 3.63) is 27.4 Å². The van der Waals surface area contributed by atoms with Crippen LogP contribution < -0.4 is 10.1 Å². The van der Waals surface area contributed by atoms with Crippen LogP contribution in [0.3, 0.4) is 0 Å². The van der Waals surface area contributed by atoms with E-state index in [0.29, 0.717) is 0 Å². The highest BCUT2D eigenvalue weighted by molar-refractivity contribution is 7.16. The van der Waals surface area contributed by atoms with Crippen molar-refractivity contribution in [3.8, 4) is 5.88 Å². The lowest BCUT2D eigenvalue weighted by Crippen LogP contribution is -2.05. The lowest BCUT2D eigenvalue weighted by Gasteiger charge is -2.10. The molecule has 1 atom stereocenters. The zero-order valence-corrected chi connectivity index (χ0v) is 11.5. The van der Waals surface area contributed by atoms with Crippen LogP contribution in [0.5, 0.6) is 5.88 Å². The van der Waals surface area contributed by atoms with E-state index in [2.05, 4.69) is 17.3 Å². The van der Waals surface area contributed by atoms with Crippen LogP contribution in [0.4, 0.5) is 5.82 Å². The number of nitrogens with one attached hydrogen (secondary N) is 1. The third kappa shape index (κ3) is 2.73. The Balaban J connectivity index is 2.09. The molecule has 2 aromatic rings. The molecule has 2 rings (SSSR count). The average molecular weight is 272 g/mol. The van der Waals surface area contributed by atoms with Crippen molar-refractivity contribution in [2.45, 2.75) is 13.0 Å². The minimum atomic E-state index is 0.173. The predicted molar refractivity (Wildman–Crippen MR) is 71.1 cm³/mol. The zero-order chi connectivity index (χ0) is 12.4. The predicted octanol–water partition coefficient (Wildman–Crippen LogP) is 3.32. The molecule has 0 spiro atoms. The number of nitrogens with zero attached hydrogens (tertiary/aromatic N) is 2. The summed E-state index contributed by atoms with van der Waals surface area (Å²) in [6, 6.07) is 5.96. The molecule has 0 aliphatic rings. The third-order valence-corrected chi connectivity index (χ3v) is 3.85. The first-order chi connectivity index (χ1) is 8.10. The number of ether oxygens (including phenoxy) is 1. The minimum Gasteiger partial charge on any atom is -0.481 e. The normalized spacial score (nSPS) is 12.5. The van der Waals surface area contributed by atoms with Gasteiger partial charge in [-0.1, -0.05) is 11.6 Å². The average Bonchev–Trinajstić information content (AvgIpc) is 2.85. The Labute approximate surface area is 109 Å². The molecular weight excluding hydrogens is 258 g/mol. The number of anilines is 1. The van der Waals surface area contributed by atoms with E-state index in [1.807, 2.05) is 25.2 Å². The molecule has 0 bridgehead atoms. The number of methoxy groups -OCH3 is 1. The van der Waals surface area contributed by atoms with Crippen molar-refractivity contribution in [2.75, 3.05) is 12.4 Å². The summed E-state index contributed by atoms with van der Waals surface area (Å²) < 4.78 is 7.65. The molecule has 17 heavy (non-hydrogen) atoms. The molecule has 1 unspecified atom stereocenters. The van der Waals surface area contributed by atoms with Gasteiger partial charge in [0.1, 0.15) is 0 Å². The smallest absolute Gasteiger partial charge is 0.213 e. The molecule has 0 aliphatic heterocycles. The van der Waals surface area contributed by atoms with Gasteiger partial charge in [0, 0.05) is 18.0 Å². The molecule has 0 saturated carbocycles. The molecule has 0 amide bonds.